The van der Waals surface area contributed by atoms with Gasteiger partial charge in [-0.1, -0.05) is 47.5 Å². The lowest BCUT2D eigenvalue weighted by molar-refractivity contribution is -0.141. The number of aryl methyl sites for hydroxylation is 2. The Morgan fingerprint density at radius 1 is 0.625 bits per heavy atom. The molecule has 5 rings (SSSR count). The van der Waals surface area contributed by atoms with E-state index in [0.29, 0.717) is 5.69 Å². The lowest BCUT2D eigenvalue weighted by Gasteiger charge is -2.26. The molecule has 0 bridgehead atoms. The van der Waals surface area contributed by atoms with Crippen LogP contribution in [0.25, 0.3) is 22.6 Å². The van der Waals surface area contributed by atoms with Crippen LogP contribution in [0, 0.1) is 13.8 Å². The molecule has 0 spiro atoms. The van der Waals surface area contributed by atoms with Gasteiger partial charge < -0.3 is 4.90 Å². The molecule has 0 radical (unpaired) electrons. The Balaban J connectivity index is 1.75. The number of alkyl halides is 6. The molecule has 0 unspecified atom stereocenters. The van der Waals surface area contributed by atoms with Crippen molar-refractivity contribution >= 4 is 17.1 Å². The fraction of sp³-hybridized carbons (Fsp3) is 0.133. The van der Waals surface area contributed by atoms with Crippen LogP contribution in [0.5, 0.6) is 0 Å². The smallest absolute Gasteiger partial charge is 0.310 e. The van der Waals surface area contributed by atoms with Crippen molar-refractivity contribution in [3.63, 3.8) is 0 Å². The lowest BCUT2D eigenvalue weighted by Crippen LogP contribution is -2.11. The number of pyridine rings is 1. The first kappa shape index (κ1) is 27.0. The van der Waals surface area contributed by atoms with Crippen LogP contribution in [0.1, 0.15) is 22.4 Å². The summed E-state index contributed by atoms with van der Waals surface area (Å²) in [6.07, 6.45) is -9.27. The topological polar surface area (TPSA) is 44.8 Å². The highest BCUT2D eigenvalue weighted by Crippen LogP contribution is 2.40. The fourth-order valence-electron chi connectivity index (χ4n) is 4.22. The molecule has 4 nitrogen and oxygen atoms in total. The van der Waals surface area contributed by atoms with Crippen LogP contribution in [0.2, 0.25) is 0 Å². The van der Waals surface area contributed by atoms with Gasteiger partial charge in [0.15, 0.2) is 5.69 Å². The maximum atomic E-state index is 13.5. The van der Waals surface area contributed by atoms with E-state index in [1.165, 1.54) is 12.1 Å². The Hall–Kier alpha value is -4.60. The number of rotatable bonds is 5. The van der Waals surface area contributed by atoms with E-state index in [-0.39, 0.29) is 22.6 Å². The number of halogens is 6. The van der Waals surface area contributed by atoms with Crippen molar-refractivity contribution in [3.8, 4) is 22.6 Å². The Kier molecular flexibility index (Phi) is 6.87. The summed E-state index contributed by atoms with van der Waals surface area (Å²) in [5.41, 5.74) is 2.34. The zero-order valence-corrected chi connectivity index (χ0v) is 21.3. The highest BCUT2D eigenvalue weighted by Gasteiger charge is 2.34. The summed E-state index contributed by atoms with van der Waals surface area (Å²) in [5.74, 6) is 0. The van der Waals surface area contributed by atoms with Crippen LogP contribution < -0.4 is 4.90 Å². The second-order valence-electron chi connectivity index (χ2n) is 9.35. The van der Waals surface area contributed by atoms with Gasteiger partial charge in [0.05, 0.1) is 28.3 Å². The van der Waals surface area contributed by atoms with Crippen molar-refractivity contribution in [1.82, 2.24) is 15.2 Å². The molecule has 0 saturated heterocycles. The molecule has 204 valence electrons. The van der Waals surface area contributed by atoms with Gasteiger partial charge in [0, 0.05) is 16.9 Å². The molecule has 0 saturated carbocycles. The molecule has 2 heterocycles. The van der Waals surface area contributed by atoms with Crippen LogP contribution in [0.15, 0.2) is 91.0 Å². The number of benzene rings is 3. The van der Waals surface area contributed by atoms with Crippen molar-refractivity contribution < 1.29 is 26.3 Å². The van der Waals surface area contributed by atoms with Gasteiger partial charge in [-0.25, -0.2) is 4.98 Å². The summed E-state index contributed by atoms with van der Waals surface area (Å²) in [6.45, 7) is 3.87. The van der Waals surface area contributed by atoms with E-state index in [9.17, 15) is 26.3 Å². The summed E-state index contributed by atoms with van der Waals surface area (Å²) >= 11 is 0. The predicted octanol–water partition coefficient (Wildman–Crippen LogP) is 9.26. The lowest BCUT2D eigenvalue weighted by atomic mass is 10.0. The van der Waals surface area contributed by atoms with Gasteiger partial charge in [0.1, 0.15) is 0 Å². The number of H-pyrrole nitrogens is 1. The van der Waals surface area contributed by atoms with Crippen LogP contribution >= 0.6 is 0 Å². The molecular formula is C30H22F6N4. The van der Waals surface area contributed by atoms with Gasteiger partial charge in [0.2, 0.25) is 0 Å². The summed E-state index contributed by atoms with van der Waals surface area (Å²) in [7, 11) is 0. The average molecular weight is 553 g/mol. The molecule has 10 heteroatoms. The van der Waals surface area contributed by atoms with Gasteiger partial charge >= 0.3 is 12.4 Å². The number of anilines is 3. The SMILES string of the molecule is Cc1ccc(N(c2ccc(C)cc2)c2cc(-c3cccc(C(F)(F)F)c3)nc(-c3cc(C(F)(F)F)n[nH]3)c2)cc1. The Morgan fingerprint density at radius 2 is 1.20 bits per heavy atom. The predicted molar refractivity (Wildman–Crippen MR) is 141 cm³/mol. The second-order valence-corrected chi connectivity index (χ2v) is 9.35. The monoisotopic (exact) mass is 552 g/mol. The van der Waals surface area contributed by atoms with Crippen LogP contribution in [-0.2, 0) is 12.4 Å². The zero-order valence-electron chi connectivity index (χ0n) is 21.3. The largest absolute Gasteiger partial charge is 0.435 e. The normalized spacial score (nSPS) is 12.0. The fourth-order valence-corrected chi connectivity index (χ4v) is 4.22. The molecule has 0 aliphatic heterocycles. The van der Waals surface area contributed by atoms with Gasteiger partial charge in [-0.2, -0.15) is 31.4 Å². The number of nitrogens with one attached hydrogen (secondary N) is 1. The molecule has 0 aliphatic carbocycles. The molecule has 0 aliphatic rings. The van der Waals surface area contributed by atoms with Crippen LogP contribution in [-0.4, -0.2) is 15.2 Å². The summed E-state index contributed by atoms with van der Waals surface area (Å²) in [4.78, 5) is 6.32. The Morgan fingerprint density at radius 3 is 1.73 bits per heavy atom. The van der Waals surface area contributed by atoms with Crippen molar-refractivity contribution in [1.29, 1.82) is 0 Å². The van der Waals surface area contributed by atoms with E-state index >= 15 is 0 Å². The molecule has 40 heavy (non-hydrogen) atoms. The number of nitrogens with zero attached hydrogens (tertiary/aromatic N) is 3. The quantitative estimate of drug-likeness (QED) is 0.221. The van der Waals surface area contributed by atoms with Crippen molar-refractivity contribution in [3.05, 3.63) is 113 Å². The molecule has 1 N–H and O–H groups in total. The van der Waals surface area contributed by atoms with E-state index in [4.69, 9.17) is 0 Å². The summed E-state index contributed by atoms with van der Waals surface area (Å²) in [6, 6.07) is 23.9. The number of aromatic nitrogens is 3. The highest BCUT2D eigenvalue weighted by atomic mass is 19.4. The van der Waals surface area contributed by atoms with E-state index in [0.717, 1.165) is 40.7 Å². The summed E-state index contributed by atoms with van der Waals surface area (Å²) < 4.78 is 80.5. The third kappa shape index (κ3) is 5.70. The minimum atomic E-state index is -4.69. The van der Waals surface area contributed by atoms with Crippen molar-refractivity contribution in [2.75, 3.05) is 4.90 Å². The molecular weight excluding hydrogens is 530 g/mol. The first-order valence-electron chi connectivity index (χ1n) is 12.1. The molecule has 3 aromatic carbocycles. The van der Waals surface area contributed by atoms with Gasteiger partial charge in [-0.15, -0.1) is 0 Å². The highest BCUT2D eigenvalue weighted by molar-refractivity contribution is 5.81. The standard InChI is InChI=1S/C30H22F6N4/c1-18-6-10-22(11-7-18)40(23-12-8-19(2)9-13-23)24-15-25(20-4-3-5-21(14-20)29(31,32)33)37-26(16-24)27-17-28(39-38-27)30(34,35)36/h3-17H,1-2H3,(H,38,39). The first-order valence-corrected chi connectivity index (χ1v) is 12.1. The van der Waals surface area contributed by atoms with Crippen LogP contribution in [0.3, 0.4) is 0 Å². The van der Waals surface area contributed by atoms with Gasteiger partial charge in [-0.3, -0.25) is 5.10 Å². The van der Waals surface area contributed by atoms with E-state index < -0.39 is 23.6 Å². The maximum Gasteiger partial charge on any atom is 0.435 e. The minimum Gasteiger partial charge on any atom is -0.310 e. The minimum absolute atomic E-state index is 0.0323. The van der Waals surface area contributed by atoms with Gasteiger partial charge in [0.25, 0.3) is 0 Å². The average Bonchev–Trinajstić information content (AvgIpc) is 3.42. The molecule has 2 aromatic heterocycles. The Labute approximate surface area is 225 Å². The molecule has 5 aromatic rings. The number of hydrogen-bond acceptors (Lipinski definition) is 3. The van der Waals surface area contributed by atoms with E-state index in [1.54, 1.807) is 12.1 Å². The zero-order chi connectivity index (χ0) is 28.7. The van der Waals surface area contributed by atoms with E-state index in [2.05, 4.69) is 15.2 Å². The first-order chi connectivity index (χ1) is 18.9. The third-order valence-corrected chi connectivity index (χ3v) is 6.28. The Bertz CT molecular complexity index is 1590. The second kappa shape index (κ2) is 10.2. The molecule has 0 fully saturated rings. The van der Waals surface area contributed by atoms with E-state index in [1.807, 2.05) is 67.3 Å². The number of hydrogen-bond donors (Lipinski definition) is 1. The molecule has 0 atom stereocenters. The number of aromatic amines is 1. The van der Waals surface area contributed by atoms with Crippen molar-refractivity contribution in [2.24, 2.45) is 0 Å². The maximum absolute atomic E-state index is 13.5. The van der Waals surface area contributed by atoms with Gasteiger partial charge in [-0.05, 0) is 68.4 Å². The molecule has 0 amide bonds. The third-order valence-electron chi connectivity index (χ3n) is 6.28. The van der Waals surface area contributed by atoms with Crippen molar-refractivity contribution in [2.45, 2.75) is 26.2 Å². The summed E-state index contributed by atoms with van der Waals surface area (Å²) in [5, 5.41) is 5.74. The van der Waals surface area contributed by atoms with Crippen LogP contribution in [0.4, 0.5) is 43.4 Å².